The topological polar surface area (TPSA) is 0 Å². The Labute approximate surface area is 96.3 Å². The van der Waals surface area contributed by atoms with E-state index < -0.39 is 0 Å². The van der Waals surface area contributed by atoms with Gasteiger partial charge >= 0.3 is 0 Å². The van der Waals surface area contributed by atoms with Crippen LogP contribution in [0.25, 0.3) is 0 Å². The molecule has 0 aliphatic heterocycles. The molecule has 0 radical (unpaired) electrons. The van der Waals surface area contributed by atoms with Crippen LogP contribution in [0.4, 0.5) is 0 Å². The minimum Gasteiger partial charge on any atom is -0.0889 e. The second-order valence-corrected chi connectivity index (χ2v) is 5.03. The van der Waals surface area contributed by atoms with Crippen molar-refractivity contribution in [3.8, 4) is 0 Å². The van der Waals surface area contributed by atoms with E-state index in [4.69, 9.17) is 0 Å². The van der Waals surface area contributed by atoms with Gasteiger partial charge in [0.05, 0.1) is 0 Å². The summed E-state index contributed by atoms with van der Waals surface area (Å²) in [6.07, 6.45) is 3.33. The first-order valence-electron chi connectivity index (χ1n) is 4.26. The van der Waals surface area contributed by atoms with Crippen molar-refractivity contribution in [3.63, 3.8) is 0 Å². The van der Waals surface area contributed by atoms with Gasteiger partial charge in [0.25, 0.3) is 0 Å². The maximum Gasteiger partial charge on any atom is 0.0175 e. The van der Waals surface area contributed by atoms with E-state index in [1.807, 2.05) is 0 Å². The van der Waals surface area contributed by atoms with Gasteiger partial charge in [-0.05, 0) is 41.4 Å². The molecule has 0 N–H and O–H groups in total. The maximum absolute atomic E-state index is 3.81. The maximum atomic E-state index is 3.81. The van der Waals surface area contributed by atoms with Crippen LogP contribution in [-0.4, -0.2) is 0 Å². The van der Waals surface area contributed by atoms with Gasteiger partial charge in [-0.2, -0.15) is 0 Å². The van der Waals surface area contributed by atoms with Crippen molar-refractivity contribution in [1.29, 1.82) is 0 Å². The van der Waals surface area contributed by atoms with Crippen LogP contribution >= 0.6 is 31.9 Å². The molecule has 0 atom stereocenters. The number of hydrogen-bond donors (Lipinski definition) is 0. The van der Waals surface area contributed by atoms with Gasteiger partial charge in [-0.1, -0.05) is 50.6 Å². The van der Waals surface area contributed by atoms with Gasteiger partial charge in [-0.3, -0.25) is 0 Å². The van der Waals surface area contributed by atoms with Gasteiger partial charge in [0, 0.05) is 4.47 Å². The predicted molar refractivity (Wildman–Crippen MR) is 65.1 cm³/mol. The minimum absolute atomic E-state index is 1.05. The number of rotatable bonds is 4. The fourth-order valence-corrected chi connectivity index (χ4v) is 1.68. The highest BCUT2D eigenvalue weighted by atomic mass is 79.9. The summed E-state index contributed by atoms with van der Waals surface area (Å²) >= 11 is 6.77. The Balaban J connectivity index is 2.37. The average molecular weight is 304 g/mol. The van der Waals surface area contributed by atoms with E-state index >= 15 is 0 Å². The molecule has 0 heterocycles. The summed E-state index contributed by atoms with van der Waals surface area (Å²) < 4.78 is 2.23. The summed E-state index contributed by atoms with van der Waals surface area (Å²) in [4.78, 5) is 0. The van der Waals surface area contributed by atoms with Crippen molar-refractivity contribution < 1.29 is 0 Å². The zero-order chi connectivity index (χ0) is 9.68. The molecule has 0 spiro atoms. The molecule has 1 aromatic rings. The highest BCUT2D eigenvalue weighted by Crippen LogP contribution is 2.15. The van der Waals surface area contributed by atoms with E-state index in [2.05, 4.69) is 62.7 Å². The van der Waals surface area contributed by atoms with Gasteiger partial charge in [-0.15, -0.1) is 0 Å². The molecule has 1 rings (SSSR count). The molecule has 0 aromatic heterocycles. The molecule has 2 heteroatoms. The van der Waals surface area contributed by atoms with Crippen molar-refractivity contribution in [3.05, 3.63) is 45.4 Å². The van der Waals surface area contributed by atoms with E-state index in [1.165, 1.54) is 5.56 Å². The summed E-state index contributed by atoms with van der Waals surface area (Å²) in [6.45, 7) is 3.81. The number of hydrogen-bond acceptors (Lipinski definition) is 0. The number of allylic oxidation sites excluding steroid dienone is 1. The third-order valence-electron chi connectivity index (χ3n) is 1.83. The Morgan fingerprint density at radius 1 is 1.23 bits per heavy atom. The fourth-order valence-electron chi connectivity index (χ4n) is 1.14. The first-order valence-corrected chi connectivity index (χ1v) is 5.85. The van der Waals surface area contributed by atoms with E-state index in [9.17, 15) is 0 Å². The summed E-state index contributed by atoms with van der Waals surface area (Å²) in [7, 11) is 0. The summed E-state index contributed by atoms with van der Waals surface area (Å²) in [6, 6.07) is 8.47. The van der Waals surface area contributed by atoms with Crippen LogP contribution in [0.5, 0.6) is 0 Å². The zero-order valence-corrected chi connectivity index (χ0v) is 10.6. The molecule has 0 nitrogen and oxygen atoms in total. The summed E-state index contributed by atoms with van der Waals surface area (Å²) in [5, 5.41) is 0. The summed E-state index contributed by atoms with van der Waals surface area (Å²) in [5.74, 6) is 0. The van der Waals surface area contributed by atoms with E-state index in [-0.39, 0.29) is 0 Å². The van der Waals surface area contributed by atoms with Crippen LogP contribution in [0.3, 0.4) is 0 Å². The Bertz CT molecular complexity index is 275. The first-order chi connectivity index (χ1) is 6.18. The SMILES string of the molecule is C=C(Br)CCCc1ccc(Br)cc1. The molecule has 0 unspecified atom stereocenters. The van der Waals surface area contributed by atoms with Crippen LogP contribution in [0.2, 0.25) is 0 Å². The predicted octanol–water partition coefficient (Wildman–Crippen LogP) is 4.68. The van der Waals surface area contributed by atoms with Crippen LogP contribution < -0.4 is 0 Å². The first kappa shape index (κ1) is 11.0. The zero-order valence-electron chi connectivity index (χ0n) is 7.39. The normalized spacial score (nSPS) is 10.0. The monoisotopic (exact) mass is 302 g/mol. The van der Waals surface area contributed by atoms with Crippen LogP contribution in [-0.2, 0) is 6.42 Å². The Morgan fingerprint density at radius 3 is 2.38 bits per heavy atom. The Morgan fingerprint density at radius 2 is 1.85 bits per heavy atom. The second kappa shape index (κ2) is 5.61. The lowest BCUT2D eigenvalue weighted by atomic mass is 10.1. The molecule has 70 valence electrons. The smallest absolute Gasteiger partial charge is 0.0175 e. The molecule has 0 amide bonds. The van der Waals surface area contributed by atoms with Crippen molar-refractivity contribution >= 4 is 31.9 Å². The summed E-state index contributed by atoms with van der Waals surface area (Å²) in [5.41, 5.74) is 1.39. The van der Waals surface area contributed by atoms with E-state index in [0.717, 1.165) is 28.2 Å². The second-order valence-electron chi connectivity index (χ2n) is 3.00. The number of benzene rings is 1. The van der Waals surface area contributed by atoms with Crippen LogP contribution in [0.1, 0.15) is 18.4 Å². The van der Waals surface area contributed by atoms with Gasteiger partial charge in [0.1, 0.15) is 0 Å². The molecule has 13 heavy (non-hydrogen) atoms. The largest absolute Gasteiger partial charge is 0.0889 e. The van der Waals surface area contributed by atoms with E-state index in [0.29, 0.717) is 0 Å². The molecule has 0 saturated heterocycles. The fraction of sp³-hybridized carbons (Fsp3) is 0.273. The van der Waals surface area contributed by atoms with Gasteiger partial charge < -0.3 is 0 Å². The van der Waals surface area contributed by atoms with E-state index in [1.54, 1.807) is 0 Å². The molecule has 0 bridgehead atoms. The Hall–Kier alpha value is -0.0800. The molecule has 0 saturated carbocycles. The lowest BCUT2D eigenvalue weighted by molar-refractivity contribution is 0.839. The molecule has 0 aliphatic carbocycles. The number of halogens is 2. The van der Waals surface area contributed by atoms with Crippen molar-refractivity contribution in [2.24, 2.45) is 0 Å². The van der Waals surface area contributed by atoms with Gasteiger partial charge in [-0.25, -0.2) is 0 Å². The van der Waals surface area contributed by atoms with Crippen molar-refractivity contribution in [2.75, 3.05) is 0 Å². The van der Waals surface area contributed by atoms with Gasteiger partial charge in [0.2, 0.25) is 0 Å². The highest BCUT2D eigenvalue weighted by Gasteiger charge is 1.94. The molecular weight excluding hydrogens is 292 g/mol. The molecule has 0 fully saturated rings. The minimum atomic E-state index is 1.05. The van der Waals surface area contributed by atoms with Crippen molar-refractivity contribution in [2.45, 2.75) is 19.3 Å². The Kier molecular flexibility index (Phi) is 4.74. The lowest BCUT2D eigenvalue weighted by Gasteiger charge is -2.00. The third-order valence-corrected chi connectivity index (χ3v) is 2.75. The molecular formula is C11H12Br2. The highest BCUT2D eigenvalue weighted by molar-refractivity contribution is 9.11. The third kappa shape index (κ3) is 4.63. The molecule has 1 aromatic carbocycles. The van der Waals surface area contributed by atoms with Crippen LogP contribution in [0.15, 0.2) is 39.8 Å². The average Bonchev–Trinajstić information content (AvgIpc) is 2.08. The van der Waals surface area contributed by atoms with Crippen molar-refractivity contribution in [1.82, 2.24) is 0 Å². The lowest BCUT2D eigenvalue weighted by Crippen LogP contribution is -1.84. The van der Waals surface area contributed by atoms with Gasteiger partial charge in [0.15, 0.2) is 0 Å². The number of aryl methyl sites for hydroxylation is 1. The van der Waals surface area contributed by atoms with Crippen LogP contribution in [0, 0.1) is 0 Å². The quantitative estimate of drug-likeness (QED) is 0.757. The molecule has 0 aliphatic rings. The standard InChI is InChI=1S/C11H12Br2/c1-9(12)3-2-4-10-5-7-11(13)8-6-10/h5-8H,1-4H2.